The van der Waals surface area contributed by atoms with Crippen LogP contribution in [0.2, 0.25) is 0 Å². The summed E-state index contributed by atoms with van der Waals surface area (Å²) in [5.41, 5.74) is 0. The summed E-state index contributed by atoms with van der Waals surface area (Å²) in [5, 5.41) is 0. The normalized spacial score (nSPS) is 12.3. The first-order valence-corrected chi connectivity index (χ1v) is 1.96. The van der Waals surface area contributed by atoms with Gasteiger partial charge < -0.3 is 0 Å². The topological polar surface area (TPSA) is 46.5 Å². The van der Waals surface area contributed by atoms with Crippen LogP contribution in [0.15, 0.2) is 0 Å². The summed E-state index contributed by atoms with van der Waals surface area (Å²) in [6, 6.07) is 0. The van der Waals surface area contributed by atoms with Gasteiger partial charge in [-0.05, 0) is 0 Å². The molecule has 0 bridgehead atoms. The first-order valence-electron chi connectivity index (χ1n) is 0.924. The van der Waals surface area contributed by atoms with E-state index >= 15 is 0 Å². The predicted octanol–water partition coefficient (Wildman–Crippen LogP) is -0.879. The Labute approximate surface area is 81.4 Å². The van der Waals surface area contributed by atoms with Crippen LogP contribution in [0.5, 0.6) is 0 Å². The van der Waals surface area contributed by atoms with Gasteiger partial charge in [-0.25, -0.2) is 0 Å². The molecular weight excluding hydrogens is 131 g/mol. The van der Waals surface area contributed by atoms with Crippen LogP contribution in [0.4, 0.5) is 0 Å². The number of rotatable bonds is 1. The van der Waals surface area contributed by atoms with E-state index in [0.717, 1.165) is 7.11 Å². The molecule has 0 amide bonds. The summed E-state index contributed by atoms with van der Waals surface area (Å²) in [5.74, 6) is 0. The van der Waals surface area contributed by atoms with Gasteiger partial charge in [-0.3, -0.25) is 8.74 Å². The zero-order valence-corrected chi connectivity index (χ0v) is 3.49. The fourth-order valence-corrected chi connectivity index (χ4v) is 0. The zero-order valence-electron chi connectivity index (χ0n) is 2.67. The third kappa shape index (κ3) is 9.20. The molecule has 1 unspecified atom stereocenters. The van der Waals surface area contributed by atoms with Crippen molar-refractivity contribution in [3.05, 3.63) is 0 Å². The second-order valence-electron chi connectivity index (χ2n) is 0.384. The molecule has 0 aromatic carbocycles. The van der Waals surface area contributed by atoms with Gasteiger partial charge in [-0.15, -0.1) is 0 Å². The monoisotopic (exact) mass is 136 g/mol. The van der Waals surface area contributed by atoms with Crippen molar-refractivity contribution in [2.24, 2.45) is 0 Å². The molecule has 0 aromatic heterocycles. The van der Waals surface area contributed by atoms with Crippen molar-refractivity contribution >= 4 is 62.7 Å². The predicted molar refractivity (Wildman–Crippen MR) is 24.9 cm³/mol. The van der Waals surface area contributed by atoms with Gasteiger partial charge in [0, 0.05) is 0 Å². The second kappa shape index (κ2) is 6.71. The van der Waals surface area contributed by atoms with Crippen LogP contribution in [0.3, 0.4) is 0 Å². The SMILES string of the molecule is COS(=O)O.[KH]. The van der Waals surface area contributed by atoms with Crippen LogP contribution >= 0.6 is 0 Å². The summed E-state index contributed by atoms with van der Waals surface area (Å²) in [6.07, 6.45) is 0. The van der Waals surface area contributed by atoms with Crippen molar-refractivity contribution in [1.82, 2.24) is 0 Å². The van der Waals surface area contributed by atoms with Gasteiger partial charge in [0.25, 0.3) is 0 Å². The fourth-order valence-electron chi connectivity index (χ4n) is 0. The average molecular weight is 136 g/mol. The van der Waals surface area contributed by atoms with Crippen LogP contribution in [0, 0.1) is 0 Å². The standard InChI is InChI=1S/CH4O3S.K.H/c1-4-5(2)3;;/h1H3,(H,2,3);;. The molecule has 6 heavy (non-hydrogen) atoms. The Hall–Kier alpha value is 1.71. The molecule has 0 fully saturated rings. The molecule has 1 N–H and O–H groups in total. The number of hydrogen-bond donors (Lipinski definition) is 1. The third-order valence-corrected chi connectivity index (χ3v) is 0.428. The zero-order chi connectivity index (χ0) is 4.28. The molecule has 1 atom stereocenters. The van der Waals surface area contributed by atoms with E-state index in [4.69, 9.17) is 4.55 Å². The molecule has 0 aliphatic rings. The minimum atomic E-state index is -2.07. The summed E-state index contributed by atoms with van der Waals surface area (Å²) in [7, 11) is 1.15. The summed E-state index contributed by atoms with van der Waals surface area (Å²) < 4.78 is 20.6. The van der Waals surface area contributed by atoms with Crippen molar-refractivity contribution in [2.45, 2.75) is 0 Å². The second-order valence-corrected chi connectivity index (χ2v) is 1.15. The molecule has 0 heterocycles. The van der Waals surface area contributed by atoms with E-state index in [0.29, 0.717) is 0 Å². The Morgan fingerprint density at radius 1 is 1.83 bits per heavy atom. The molecule has 3 nitrogen and oxygen atoms in total. The summed E-state index contributed by atoms with van der Waals surface area (Å²) >= 11 is -2.07. The van der Waals surface area contributed by atoms with Gasteiger partial charge >= 0.3 is 62.7 Å². The van der Waals surface area contributed by atoms with E-state index < -0.39 is 11.4 Å². The van der Waals surface area contributed by atoms with E-state index in [1.165, 1.54) is 0 Å². The quantitative estimate of drug-likeness (QED) is 0.376. The van der Waals surface area contributed by atoms with Crippen molar-refractivity contribution < 1.29 is 12.9 Å². The van der Waals surface area contributed by atoms with Gasteiger partial charge in [0.15, 0.2) is 0 Å². The third-order valence-electron chi connectivity index (χ3n) is 0.143. The first-order chi connectivity index (χ1) is 2.27. The Bertz CT molecular complexity index is 46.1. The van der Waals surface area contributed by atoms with Gasteiger partial charge in [-0.2, -0.15) is 4.21 Å². The van der Waals surface area contributed by atoms with Crippen LogP contribution < -0.4 is 0 Å². The fraction of sp³-hybridized carbons (Fsp3) is 1.00. The van der Waals surface area contributed by atoms with Gasteiger partial charge in [0.1, 0.15) is 0 Å². The Morgan fingerprint density at radius 3 is 2.00 bits per heavy atom. The van der Waals surface area contributed by atoms with Crippen molar-refractivity contribution in [3.8, 4) is 0 Å². The van der Waals surface area contributed by atoms with Crippen LogP contribution in [0.25, 0.3) is 0 Å². The van der Waals surface area contributed by atoms with Crippen LogP contribution in [0.1, 0.15) is 0 Å². The molecule has 34 valence electrons. The molecule has 0 aliphatic heterocycles. The van der Waals surface area contributed by atoms with Gasteiger partial charge in [0.2, 0.25) is 0 Å². The maximum absolute atomic E-state index is 9.26. The Morgan fingerprint density at radius 2 is 2.00 bits per heavy atom. The maximum atomic E-state index is 9.26. The van der Waals surface area contributed by atoms with Crippen molar-refractivity contribution in [3.63, 3.8) is 0 Å². The Kier molecular flexibility index (Phi) is 11.9. The van der Waals surface area contributed by atoms with E-state index in [-0.39, 0.29) is 51.4 Å². The molecule has 0 aromatic rings. The molecule has 0 aliphatic carbocycles. The van der Waals surface area contributed by atoms with E-state index in [2.05, 4.69) is 4.18 Å². The van der Waals surface area contributed by atoms with Crippen molar-refractivity contribution in [2.75, 3.05) is 7.11 Å². The Balaban J connectivity index is 0. The summed E-state index contributed by atoms with van der Waals surface area (Å²) in [6.45, 7) is 0. The molecule has 0 saturated carbocycles. The van der Waals surface area contributed by atoms with Crippen molar-refractivity contribution in [1.29, 1.82) is 0 Å². The average Bonchev–Trinajstić information content (AvgIpc) is 1.38. The summed E-state index contributed by atoms with van der Waals surface area (Å²) in [4.78, 5) is 0. The van der Waals surface area contributed by atoms with E-state index in [9.17, 15) is 4.21 Å². The van der Waals surface area contributed by atoms with Crippen LogP contribution in [-0.4, -0.2) is 67.3 Å². The molecular formula is CH5KO3S. The molecule has 0 rings (SSSR count). The van der Waals surface area contributed by atoms with Crippen LogP contribution in [-0.2, 0) is 15.5 Å². The van der Waals surface area contributed by atoms with Gasteiger partial charge in [0.05, 0.1) is 7.11 Å². The molecule has 0 radical (unpaired) electrons. The van der Waals surface area contributed by atoms with E-state index in [1.807, 2.05) is 0 Å². The minimum absolute atomic E-state index is 0. The molecule has 0 saturated heterocycles. The molecule has 5 heteroatoms. The first kappa shape index (κ1) is 10.6. The number of hydrogen-bond acceptors (Lipinski definition) is 2. The molecule has 0 spiro atoms. The van der Waals surface area contributed by atoms with Gasteiger partial charge in [-0.1, -0.05) is 0 Å². The van der Waals surface area contributed by atoms with E-state index in [1.54, 1.807) is 0 Å².